The third kappa shape index (κ3) is 3.34. The zero-order valence-corrected chi connectivity index (χ0v) is 11.7. The summed E-state index contributed by atoms with van der Waals surface area (Å²) in [6.45, 7) is 1.52. The van der Waals surface area contributed by atoms with E-state index in [9.17, 15) is 17.6 Å². The van der Waals surface area contributed by atoms with Crippen LogP contribution in [0.2, 0.25) is 0 Å². The second-order valence-electron chi connectivity index (χ2n) is 4.25. The number of benzene rings is 1. The minimum Gasteiger partial charge on any atom is -0.478 e. The molecule has 110 valence electrons. The molecule has 0 fully saturated rings. The Morgan fingerprint density at radius 3 is 2.52 bits per heavy atom. The number of sulfonamides is 1. The Hall–Kier alpha value is -2.48. The number of halogens is 1. The number of pyridine rings is 1. The van der Waals surface area contributed by atoms with Crippen LogP contribution in [0, 0.1) is 12.7 Å². The fraction of sp³-hybridized carbons (Fsp3) is 0.0769. The number of aromatic carboxylic acids is 1. The first-order valence-electron chi connectivity index (χ1n) is 5.78. The SMILES string of the molecule is Cc1ccc(S(=O)(=O)Nc2ccc(C(=O)O)cn2)cc1F. The van der Waals surface area contributed by atoms with Crippen molar-refractivity contribution in [2.24, 2.45) is 0 Å². The standard InChI is InChI=1S/C13H11FN2O4S/c1-8-2-4-10(6-11(8)14)21(19,20)16-12-5-3-9(7-15-12)13(17)18/h2-7H,1H3,(H,15,16)(H,17,18). The van der Waals surface area contributed by atoms with Gasteiger partial charge in [0.2, 0.25) is 0 Å². The molecular weight excluding hydrogens is 299 g/mol. The topological polar surface area (TPSA) is 96.4 Å². The van der Waals surface area contributed by atoms with E-state index in [1.54, 1.807) is 0 Å². The molecule has 21 heavy (non-hydrogen) atoms. The molecule has 1 aromatic heterocycles. The quantitative estimate of drug-likeness (QED) is 0.900. The molecule has 0 aliphatic rings. The number of carboxylic acid groups (broad SMARTS) is 1. The van der Waals surface area contributed by atoms with E-state index in [-0.39, 0.29) is 16.3 Å². The molecule has 0 atom stereocenters. The second-order valence-corrected chi connectivity index (χ2v) is 5.94. The van der Waals surface area contributed by atoms with Crippen molar-refractivity contribution in [2.75, 3.05) is 4.72 Å². The number of hydrogen-bond acceptors (Lipinski definition) is 4. The van der Waals surface area contributed by atoms with Crippen molar-refractivity contribution in [1.29, 1.82) is 0 Å². The van der Waals surface area contributed by atoms with Crippen LogP contribution in [0.15, 0.2) is 41.4 Å². The van der Waals surface area contributed by atoms with Gasteiger partial charge in [-0.3, -0.25) is 4.72 Å². The summed E-state index contributed by atoms with van der Waals surface area (Å²) in [4.78, 5) is 14.1. The predicted octanol–water partition coefficient (Wildman–Crippen LogP) is 2.03. The number of nitrogens with zero attached hydrogens (tertiary/aromatic N) is 1. The summed E-state index contributed by atoms with van der Waals surface area (Å²) in [5.41, 5.74) is 0.261. The highest BCUT2D eigenvalue weighted by Crippen LogP contribution is 2.17. The molecule has 0 amide bonds. The first-order valence-corrected chi connectivity index (χ1v) is 7.26. The summed E-state index contributed by atoms with van der Waals surface area (Å²) in [6.07, 6.45) is 1.02. The number of anilines is 1. The molecule has 2 N–H and O–H groups in total. The Kier molecular flexibility index (Phi) is 3.90. The third-order valence-electron chi connectivity index (χ3n) is 2.70. The van der Waals surface area contributed by atoms with Gasteiger partial charge in [0.1, 0.15) is 11.6 Å². The average molecular weight is 310 g/mol. The first kappa shape index (κ1) is 14.9. The lowest BCUT2D eigenvalue weighted by Crippen LogP contribution is -2.14. The van der Waals surface area contributed by atoms with E-state index in [2.05, 4.69) is 9.71 Å². The van der Waals surface area contributed by atoms with Crippen molar-refractivity contribution in [3.8, 4) is 0 Å². The van der Waals surface area contributed by atoms with Crippen molar-refractivity contribution < 1.29 is 22.7 Å². The Balaban J connectivity index is 2.28. The third-order valence-corrected chi connectivity index (χ3v) is 4.06. The highest BCUT2D eigenvalue weighted by molar-refractivity contribution is 7.92. The van der Waals surface area contributed by atoms with Gasteiger partial charge in [0, 0.05) is 6.20 Å². The number of aryl methyl sites for hydroxylation is 1. The summed E-state index contributed by atoms with van der Waals surface area (Å²) in [5, 5.41) is 8.72. The maximum atomic E-state index is 13.4. The lowest BCUT2D eigenvalue weighted by atomic mass is 10.2. The molecule has 0 bridgehead atoms. The maximum absolute atomic E-state index is 13.4. The number of aromatic nitrogens is 1. The van der Waals surface area contributed by atoms with E-state index >= 15 is 0 Å². The van der Waals surface area contributed by atoms with Gasteiger partial charge in [-0.1, -0.05) is 6.07 Å². The van der Waals surface area contributed by atoms with Gasteiger partial charge < -0.3 is 5.11 Å². The molecule has 0 saturated carbocycles. The van der Waals surface area contributed by atoms with Crippen LogP contribution in [0.1, 0.15) is 15.9 Å². The van der Waals surface area contributed by atoms with Gasteiger partial charge >= 0.3 is 5.97 Å². The molecule has 8 heteroatoms. The summed E-state index contributed by atoms with van der Waals surface area (Å²) in [6, 6.07) is 5.95. The van der Waals surface area contributed by atoms with E-state index in [0.717, 1.165) is 12.3 Å². The van der Waals surface area contributed by atoms with Gasteiger partial charge in [0.05, 0.1) is 10.5 Å². The molecule has 1 aromatic carbocycles. The van der Waals surface area contributed by atoms with Crippen LogP contribution in [0.25, 0.3) is 0 Å². The van der Waals surface area contributed by atoms with E-state index in [4.69, 9.17) is 5.11 Å². The molecular formula is C13H11FN2O4S. The van der Waals surface area contributed by atoms with Gasteiger partial charge in [0.25, 0.3) is 10.0 Å². The van der Waals surface area contributed by atoms with Crippen LogP contribution in [0.4, 0.5) is 10.2 Å². The minimum atomic E-state index is -3.99. The van der Waals surface area contributed by atoms with Crippen molar-refractivity contribution in [3.05, 3.63) is 53.5 Å². The second kappa shape index (κ2) is 5.49. The summed E-state index contributed by atoms with van der Waals surface area (Å²) in [5.74, 6) is -1.86. The van der Waals surface area contributed by atoms with Gasteiger partial charge in [0.15, 0.2) is 0 Å². The highest BCUT2D eigenvalue weighted by atomic mass is 32.2. The van der Waals surface area contributed by atoms with Crippen molar-refractivity contribution in [1.82, 2.24) is 4.98 Å². The molecule has 2 rings (SSSR count). The summed E-state index contributed by atoms with van der Waals surface area (Å²) in [7, 11) is -3.99. The zero-order valence-electron chi connectivity index (χ0n) is 10.9. The monoisotopic (exact) mass is 310 g/mol. The normalized spacial score (nSPS) is 11.1. The van der Waals surface area contributed by atoms with E-state index < -0.39 is 21.8 Å². The predicted molar refractivity (Wildman–Crippen MR) is 73.1 cm³/mol. The zero-order chi connectivity index (χ0) is 15.6. The van der Waals surface area contributed by atoms with Gasteiger partial charge in [-0.05, 0) is 36.8 Å². The smallest absolute Gasteiger partial charge is 0.337 e. The maximum Gasteiger partial charge on any atom is 0.337 e. The van der Waals surface area contributed by atoms with Gasteiger partial charge in [-0.15, -0.1) is 0 Å². The number of hydrogen-bond donors (Lipinski definition) is 2. The highest BCUT2D eigenvalue weighted by Gasteiger charge is 2.16. The van der Waals surface area contributed by atoms with Crippen LogP contribution in [0.3, 0.4) is 0 Å². The average Bonchev–Trinajstić information content (AvgIpc) is 2.42. The van der Waals surface area contributed by atoms with E-state index in [1.165, 1.54) is 31.2 Å². The fourth-order valence-electron chi connectivity index (χ4n) is 1.52. The lowest BCUT2D eigenvalue weighted by molar-refractivity contribution is 0.0696. The summed E-state index contributed by atoms with van der Waals surface area (Å²) >= 11 is 0. The largest absolute Gasteiger partial charge is 0.478 e. The molecule has 6 nitrogen and oxygen atoms in total. The van der Waals surface area contributed by atoms with Crippen LogP contribution in [0.5, 0.6) is 0 Å². The molecule has 0 saturated heterocycles. The molecule has 2 aromatic rings. The van der Waals surface area contributed by atoms with Crippen LogP contribution >= 0.6 is 0 Å². The van der Waals surface area contributed by atoms with Crippen LogP contribution < -0.4 is 4.72 Å². The first-order chi connectivity index (χ1) is 9.79. The van der Waals surface area contributed by atoms with E-state index in [0.29, 0.717) is 5.56 Å². The van der Waals surface area contributed by atoms with Crippen LogP contribution in [-0.2, 0) is 10.0 Å². The minimum absolute atomic E-state index is 0.0546. The summed E-state index contributed by atoms with van der Waals surface area (Å²) < 4.78 is 39.7. The molecule has 1 heterocycles. The van der Waals surface area contributed by atoms with E-state index in [1.807, 2.05) is 0 Å². The number of rotatable bonds is 4. The van der Waals surface area contributed by atoms with Crippen molar-refractivity contribution in [3.63, 3.8) is 0 Å². The number of carbonyl (C=O) groups is 1. The number of carboxylic acids is 1. The van der Waals surface area contributed by atoms with Crippen LogP contribution in [-0.4, -0.2) is 24.5 Å². The Morgan fingerprint density at radius 2 is 2.00 bits per heavy atom. The Labute approximate surface area is 120 Å². The van der Waals surface area contributed by atoms with Gasteiger partial charge in [-0.25, -0.2) is 22.6 Å². The van der Waals surface area contributed by atoms with Crippen molar-refractivity contribution in [2.45, 2.75) is 11.8 Å². The molecule has 0 unspecified atom stereocenters. The molecule has 0 aliphatic carbocycles. The molecule has 0 radical (unpaired) electrons. The van der Waals surface area contributed by atoms with Crippen molar-refractivity contribution >= 4 is 21.8 Å². The Morgan fingerprint density at radius 1 is 1.29 bits per heavy atom. The van der Waals surface area contributed by atoms with Gasteiger partial charge in [-0.2, -0.15) is 0 Å². The Bertz CT molecular complexity index is 788. The number of nitrogens with one attached hydrogen (secondary N) is 1. The fourth-order valence-corrected chi connectivity index (χ4v) is 2.54. The lowest BCUT2D eigenvalue weighted by Gasteiger charge is -2.08. The molecule has 0 spiro atoms. The molecule has 0 aliphatic heterocycles.